The third kappa shape index (κ3) is 3.48. The highest BCUT2D eigenvalue weighted by Crippen LogP contribution is 2.29. The van der Waals surface area contributed by atoms with Crippen LogP contribution < -0.4 is 14.8 Å². The van der Waals surface area contributed by atoms with Gasteiger partial charge in [-0.05, 0) is 32.0 Å². The van der Waals surface area contributed by atoms with E-state index in [1.54, 1.807) is 36.9 Å². The first-order chi connectivity index (χ1) is 9.60. The summed E-state index contributed by atoms with van der Waals surface area (Å²) in [6.45, 7) is 3.87. The van der Waals surface area contributed by atoms with Crippen LogP contribution in [0.15, 0.2) is 29.8 Å². The second-order valence-electron chi connectivity index (χ2n) is 4.32. The van der Waals surface area contributed by atoms with Gasteiger partial charge in [-0.25, -0.2) is 4.98 Å². The molecule has 5 nitrogen and oxygen atoms in total. The van der Waals surface area contributed by atoms with Gasteiger partial charge in [0.05, 0.1) is 13.2 Å². The Morgan fingerprint density at radius 2 is 2.15 bits per heavy atom. The second kappa shape index (κ2) is 6.38. The van der Waals surface area contributed by atoms with Crippen molar-refractivity contribution in [1.29, 1.82) is 0 Å². The Morgan fingerprint density at radius 1 is 1.35 bits per heavy atom. The average molecular weight is 292 g/mol. The maximum absolute atomic E-state index is 12.1. The molecule has 0 saturated carbocycles. The Balaban J connectivity index is 2.18. The number of aromatic nitrogens is 1. The van der Waals surface area contributed by atoms with Crippen LogP contribution in [0.5, 0.6) is 11.5 Å². The molecule has 0 radical (unpaired) electrons. The number of hydrogen-bond donors (Lipinski definition) is 1. The van der Waals surface area contributed by atoms with Gasteiger partial charge < -0.3 is 9.47 Å². The van der Waals surface area contributed by atoms with Gasteiger partial charge in [0.1, 0.15) is 0 Å². The molecule has 0 aliphatic rings. The van der Waals surface area contributed by atoms with E-state index in [0.29, 0.717) is 22.2 Å². The van der Waals surface area contributed by atoms with E-state index >= 15 is 0 Å². The Morgan fingerprint density at radius 3 is 2.75 bits per heavy atom. The molecule has 0 saturated heterocycles. The van der Waals surface area contributed by atoms with Crippen LogP contribution in [-0.2, 0) is 0 Å². The second-order valence-corrected chi connectivity index (χ2v) is 5.22. The number of benzene rings is 1. The first-order valence-electron chi connectivity index (χ1n) is 6.15. The van der Waals surface area contributed by atoms with Crippen molar-refractivity contribution in [1.82, 2.24) is 4.98 Å². The number of ether oxygens (including phenoxy) is 2. The monoisotopic (exact) mass is 292 g/mol. The Kier molecular flexibility index (Phi) is 4.57. The molecule has 0 atom stereocenters. The molecule has 1 heterocycles. The summed E-state index contributed by atoms with van der Waals surface area (Å²) >= 11 is 1.37. The Hall–Kier alpha value is -2.08. The summed E-state index contributed by atoms with van der Waals surface area (Å²) in [5, 5.41) is 5.09. The summed E-state index contributed by atoms with van der Waals surface area (Å²) < 4.78 is 10.9. The molecule has 2 rings (SSSR count). The lowest BCUT2D eigenvalue weighted by atomic mass is 10.2. The summed E-state index contributed by atoms with van der Waals surface area (Å²) in [4.78, 5) is 16.1. The van der Waals surface area contributed by atoms with E-state index in [-0.39, 0.29) is 12.0 Å². The molecule has 2 aromatic rings. The van der Waals surface area contributed by atoms with E-state index in [9.17, 15) is 4.79 Å². The van der Waals surface area contributed by atoms with Gasteiger partial charge in [0.25, 0.3) is 5.91 Å². The summed E-state index contributed by atoms with van der Waals surface area (Å²) in [7, 11) is 1.55. The van der Waals surface area contributed by atoms with Crippen molar-refractivity contribution in [2.75, 3.05) is 12.4 Å². The highest BCUT2D eigenvalue weighted by Gasteiger charge is 2.13. The molecule has 1 aromatic carbocycles. The molecule has 0 aliphatic carbocycles. The van der Waals surface area contributed by atoms with Crippen LogP contribution in [0.4, 0.5) is 5.13 Å². The molecule has 6 heteroatoms. The first-order valence-corrected chi connectivity index (χ1v) is 7.03. The molecule has 0 unspecified atom stereocenters. The van der Waals surface area contributed by atoms with Crippen LogP contribution in [0.3, 0.4) is 0 Å². The van der Waals surface area contributed by atoms with Gasteiger partial charge in [-0.1, -0.05) is 0 Å². The zero-order chi connectivity index (χ0) is 14.5. The van der Waals surface area contributed by atoms with Gasteiger partial charge in [0, 0.05) is 17.1 Å². The lowest BCUT2D eigenvalue weighted by Gasteiger charge is -2.14. The molecule has 106 valence electrons. The lowest BCUT2D eigenvalue weighted by Crippen LogP contribution is -2.12. The predicted molar refractivity (Wildman–Crippen MR) is 78.8 cm³/mol. The van der Waals surface area contributed by atoms with E-state index in [0.717, 1.165) is 0 Å². The van der Waals surface area contributed by atoms with Gasteiger partial charge in [-0.2, -0.15) is 0 Å². The lowest BCUT2D eigenvalue weighted by molar-refractivity contribution is 0.102. The third-order valence-corrected chi connectivity index (χ3v) is 3.13. The summed E-state index contributed by atoms with van der Waals surface area (Å²) in [6, 6.07) is 5.08. The van der Waals surface area contributed by atoms with Gasteiger partial charge in [0.15, 0.2) is 16.6 Å². The molecular weight excluding hydrogens is 276 g/mol. The van der Waals surface area contributed by atoms with E-state index in [1.807, 2.05) is 13.8 Å². The smallest absolute Gasteiger partial charge is 0.257 e. The maximum Gasteiger partial charge on any atom is 0.257 e. The molecule has 0 aliphatic heterocycles. The van der Waals surface area contributed by atoms with Gasteiger partial charge >= 0.3 is 0 Å². The number of anilines is 1. The molecule has 0 fully saturated rings. The molecule has 1 amide bonds. The number of hydrogen-bond acceptors (Lipinski definition) is 5. The fourth-order valence-electron chi connectivity index (χ4n) is 1.61. The van der Waals surface area contributed by atoms with Crippen molar-refractivity contribution in [3.63, 3.8) is 0 Å². The number of nitrogens with zero attached hydrogens (tertiary/aromatic N) is 1. The highest BCUT2D eigenvalue weighted by molar-refractivity contribution is 7.13. The average Bonchev–Trinajstić information content (AvgIpc) is 2.91. The minimum absolute atomic E-state index is 0.0406. The number of carbonyl (C=O) groups is 1. The largest absolute Gasteiger partial charge is 0.493 e. The summed E-state index contributed by atoms with van der Waals surface area (Å²) in [5.74, 6) is 0.924. The third-order valence-electron chi connectivity index (χ3n) is 2.44. The van der Waals surface area contributed by atoms with Crippen molar-refractivity contribution in [3.05, 3.63) is 35.3 Å². The number of nitrogens with one attached hydrogen (secondary N) is 1. The van der Waals surface area contributed by atoms with Crippen LogP contribution in [0.1, 0.15) is 24.2 Å². The minimum Gasteiger partial charge on any atom is -0.493 e. The molecular formula is C14H16N2O3S. The zero-order valence-electron chi connectivity index (χ0n) is 11.5. The van der Waals surface area contributed by atoms with E-state index in [4.69, 9.17) is 9.47 Å². The SMILES string of the molecule is COc1cc(C(=O)Nc2nccs2)ccc1OC(C)C. The maximum atomic E-state index is 12.1. The molecule has 0 bridgehead atoms. The number of thiazole rings is 1. The van der Waals surface area contributed by atoms with Crippen molar-refractivity contribution >= 4 is 22.4 Å². The topological polar surface area (TPSA) is 60.5 Å². The standard InChI is InChI=1S/C14H16N2O3S/c1-9(2)19-11-5-4-10(8-12(11)18-3)13(17)16-14-15-6-7-20-14/h4-9H,1-3H3,(H,15,16,17). The number of methoxy groups -OCH3 is 1. The number of rotatable bonds is 5. The minimum atomic E-state index is -0.227. The van der Waals surface area contributed by atoms with Crippen LogP contribution in [0.25, 0.3) is 0 Å². The Labute approximate surface area is 121 Å². The zero-order valence-corrected chi connectivity index (χ0v) is 12.4. The highest BCUT2D eigenvalue weighted by atomic mass is 32.1. The van der Waals surface area contributed by atoms with Crippen LogP contribution in [0, 0.1) is 0 Å². The fraction of sp³-hybridized carbons (Fsp3) is 0.286. The van der Waals surface area contributed by atoms with E-state index < -0.39 is 0 Å². The molecule has 1 N–H and O–H groups in total. The van der Waals surface area contributed by atoms with Crippen molar-refractivity contribution in [3.8, 4) is 11.5 Å². The summed E-state index contributed by atoms with van der Waals surface area (Å²) in [5.41, 5.74) is 0.494. The Bertz CT molecular complexity index is 582. The number of carbonyl (C=O) groups excluding carboxylic acids is 1. The van der Waals surface area contributed by atoms with Crippen molar-refractivity contribution < 1.29 is 14.3 Å². The molecule has 1 aromatic heterocycles. The van der Waals surface area contributed by atoms with Crippen LogP contribution in [0.2, 0.25) is 0 Å². The first kappa shape index (κ1) is 14.3. The van der Waals surface area contributed by atoms with Crippen molar-refractivity contribution in [2.24, 2.45) is 0 Å². The van der Waals surface area contributed by atoms with E-state index in [1.165, 1.54) is 11.3 Å². The van der Waals surface area contributed by atoms with Gasteiger partial charge in [-0.15, -0.1) is 11.3 Å². The fourth-order valence-corrected chi connectivity index (χ4v) is 2.14. The van der Waals surface area contributed by atoms with Crippen LogP contribution >= 0.6 is 11.3 Å². The number of amides is 1. The molecule has 20 heavy (non-hydrogen) atoms. The molecule has 0 spiro atoms. The quantitative estimate of drug-likeness (QED) is 0.919. The van der Waals surface area contributed by atoms with Gasteiger partial charge in [0.2, 0.25) is 0 Å². The van der Waals surface area contributed by atoms with Crippen molar-refractivity contribution in [2.45, 2.75) is 20.0 Å². The predicted octanol–water partition coefficient (Wildman–Crippen LogP) is 3.19. The van der Waals surface area contributed by atoms with Crippen LogP contribution in [-0.4, -0.2) is 24.1 Å². The van der Waals surface area contributed by atoms with Gasteiger partial charge in [-0.3, -0.25) is 10.1 Å². The van der Waals surface area contributed by atoms with E-state index in [2.05, 4.69) is 10.3 Å². The summed E-state index contributed by atoms with van der Waals surface area (Å²) in [6.07, 6.45) is 1.68. The normalized spacial score (nSPS) is 10.4.